The third-order valence-electron chi connectivity index (χ3n) is 4.44. The van der Waals surface area contributed by atoms with Gasteiger partial charge in [-0.15, -0.1) is 0 Å². The van der Waals surface area contributed by atoms with E-state index in [0.717, 1.165) is 35.0 Å². The summed E-state index contributed by atoms with van der Waals surface area (Å²) in [4.78, 5) is 16.3. The minimum Gasteiger partial charge on any atom is -0.426 e. The van der Waals surface area contributed by atoms with E-state index in [-0.39, 0.29) is 5.97 Å². The number of benzene rings is 1. The van der Waals surface area contributed by atoms with Crippen molar-refractivity contribution in [3.63, 3.8) is 0 Å². The minimum atomic E-state index is -0.281. The van der Waals surface area contributed by atoms with E-state index < -0.39 is 0 Å². The lowest BCUT2D eigenvalue weighted by Crippen LogP contribution is -2.06. The number of carbonyl (C=O) groups is 1. The molecule has 1 aromatic carbocycles. The van der Waals surface area contributed by atoms with Crippen LogP contribution in [0.2, 0.25) is 0 Å². The molecule has 2 aromatic rings. The van der Waals surface area contributed by atoms with Gasteiger partial charge in [-0.1, -0.05) is 57.6 Å². The van der Waals surface area contributed by atoms with Crippen molar-refractivity contribution in [3.05, 3.63) is 35.5 Å². The normalized spacial score (nSPS) is 11.0. The molecule has 0 aliphatic rings. The molecule has 2 rings (SSSR count). The maximum atomic E-state index is 11.5. The second-order valence-electron chi connectivity index (χ2n) is 6.49. The molecule has 0 amide bonds. The molecular weight excluding hydrogens is 298 g/mol. The summed E-state index contributed by atoms with van der Waals surface area (Å²) < 4.78 is 5.49. The van der Waals surface area contributed by atoms with Crippen LogP contribution in [0.25, 0.3) is 10.9 Å². The number of hydrogen-bond donors (Lipinski definition) is 0. The fourth-order valence-electron chi connectivity index (χ4n) is 3.09. The SMILES string of the molecule is CCCCCCCCCc1nc2ccccc2c(OC(C)=O)c1C. The number of unbranched alkanes of at least 4 members (excludes halogenated alkanes) is 6. The fourth-order valence-corrected chi connectivity index (χ4v) is 3.09. The highest BCUT2D eigenvalue weighted by atomic mass is 16.5. The molecule has 3 heteroatoms. The van der Waals surface area contributed by atoms with E-state index in [9.17, 15) is 4.79 Å². The van der Waals surface area contributed by atoms with Crippen molar-refractivity contribution in [2.45, 2.75) is 72.1 Å². The van der Waals surface area contributed by atoms with E-state index >= 15 is 0 Å². The molecule has 0 saturated heterocycles. The first kappa shape index (κ1) is 18.4. The Kier molecular flexibility index (Phi) is 7.23. The van der Waals surface area contributed by atoms with Crippen molar-refractivity contribution in [2.24, 2.45) is 0 Å². The van der Waals surface area contributed by atoms with Gasteiger partial charge in [0.2, 0.25) is 0 Å². The molecule has 130 valence electrons. The largest absolute Gasteiger partial charge is 0.426 e. The van der Waals surface area contributed by atoms with Crippen LogP contribution in [0.1, 0.15) is 70.1 Å². The summed E-state index contributed by atoms with van der Waals surface area (Å²) >= 11 is 0. The van der Waals surface area contributed by atoms with E-state index in [0.29, 0.717) is 5.75 Å². The van der Waals surface area contributed by atoms with Gasteiger partial charge in [0, 0.05) is 23.6 Å². The molecule has 1 aromatic heterocycles. The van der Waals surface area contributed by atoms with E-state index in [4.69, 9.17) is 9.72 Å². The first-order valence-corrected chi connectivity index (χ1v) is 9.20. The van der Waals surface area contributed by atoms with Gasteiger partial charge in [-0.2, -0.15) is 0 Å². The second kappa shape index (κ2) is 9.41. The van der Waals surface area contributed by atoms with E-state index in [1.54, 1.807) is 0 Å². The van der Waals surface area contributed by atoms with Gasteiger partial charge in [0.1, 0.15) is 5.75 Å². The summed E-state index contributed by atoms with van der Waals surface area (Å²) in [6.45, 7) is 5.70. The standard InChI is InChI=1S/C21H29NO2/c1-4-5-6-7-8-9-10-14-19-16(2)21(24-17(3)23)18-13-11-12-15-20(18)22-19/h11-13,15H,4-10,14H2,1-3H3. The average molecular weight is 327 g/mol. The quantitative estimate of drug-likeness (QED) is 0.434. The molecule has 3 nitrogen and oxygen atoms in total. The molecular formula is C21H29NO2. The number of hydrogen-bond acceptors (Lipinski definition) is 3. The van der Waals surface area contributed by atoms with Crippen LogP contribution in [0.4, 0.5) is 0 Å². The molecule has 0 aliphatic heterocycles. The van der Waals surface area contributed by atoms with Crippen LogP contribution < -0.4 is 4.74 Å². The zero-order chi connectivity index (χ0) is 17.4. The monoisotopic (exact) mass is 327 g/mol. The van der Waals surface area contributed by atoms with Gasteiger partial charge in [-0.25, -0.2) is 0 Å². The Labute approximate surface area is 145 Å². The minimum absolute atomic E-state index is 0.281. The highest BCUT2D eigenvalue weighted by Crippen LogP contribution is 2.31. The highest BCUT2D eigenvalue weighted by Gasteiger charge is 2.14. The Morgan fingerprint density at radius 1 is 1.04 bits per heavy atom. The van der Waals surface area contributed by atoms with Crippen molar-refractivity contribution in [1.29, 1.82) is 0 Å². The van der Waals surface area contributed by atoms with Gasteiger partial charge in [-0.05, 0) is 31.9 Å². The van der Waals surface area contributed by atoms with E-state index in [2.05, 4.69) is 6.92 Å². The van der Waals surface area contributed by atoms with Gasteiger partial charge in [-0.3, -0.25) is 9.78 Å². The van der Waals surface area contributed by atoms with Crippen LogP contribution in [0, 0.1) is 6.92 Å². The lowest BCUT2D eigenvalue weighted by Gasteiger charge is -2.13. The predicted octanol–water partition coefficient (Wildman–Crippen LogP) is 5.76. The summed E-state index contributed by atoms with van der Waals surface area (Å²) in [6, 6.07) is 7.87. The Hall–Kier alpha value is -1.90. The average Bonchev–Trinajstić information content (AvgIpc) is 2.57. The van der Waals surface area contributed by atoms with Gasteiger partial charge in [0.15, 0.2) is 0 Å². The zero-order valence-corrected chi connectivity index (χ0v) is 15.2. The molecule has 0 saturated carbocycles. The number of para-hydroxylation sites is 1. The number of rotatable bonds is 9. The number of aryl methyl sites for hydroxylation is 1. The molecule has 0 spiro atoms. The molecule has 0 aliphatic carbocycles. The summed E-state index contributed by atoms with van der Waals surface area (Å²) in [5.74, 6) is 0.391. The van der Waals surface area contributed by atoms with Crippen LogP contribution in [0.15, 0.2) is 24.3 Å². The van der Waals surface area contributed by atoms with Crippen LogP contribution in [-0.4, -0.2) is 11.0 Å². The smallest absolute Gasteiger partial charge is 0.308 e. The van der Waals surface area contributed by atoms with E-state index in [1.165, 1.54) is 45.4 Å². The Bertz CT molecular complexity index is 679. The van der Waals surface area contributed by atoms with Crippen molar-refractivity contribution in [2.75, 3.05) is 0 Å². The molecule has 0 N–H and O–H groups in total. The Balaban J connectivity index is 2.07. The van der Waals surface area contributed by atoms with Crippen molar-refractivity contribution >= 4 is 16.9 Å². The summed E-state index contributed by atoms with van der Waals surface area (Å²) in [7, 11) is 0. The number of fused-ring (bicyclic) bond motifs is 1. The molecule has 1 heterocycles. The maximum absolute atomic E-state index is 11.5. The molecule has 0 atom stereocenters. The first-order valence-electron chi connectivity index (χ1n) is 9.20. The molecule has 0 unspecified atom stereocenters. The number of esters is 1. The van der Waals surface area contributed by atoms with Gasteiger partial charge < -0.3 is 4.74 Å². The topological polar surface area (TPSA) is 39.2 Å². The van der Waals surface area contributed by atoms with E-state index in [1.807, 2.05) is 31.2 Å². The van der Waals surface area contributed by atoms with Crippen molar-refractivity contribution < 1.29 is 9.53 Å². The fraction of sp³-hybridized carbons (Fsp3) is 0.524. The lowest BCUT2D eigenvalue weighted by atomic mass is 10.0. The van der Waals surface area contributed by atoms with Gasteiger partial charge in [0.25, 0.3) is 0 Å². The lowest BCUT2D eigenvalue weighted by molar-refractivity contribution is -0.131. The molecule has 0 radical (unpaired) electrons. The number of nitrogens with zero attached hydrogens (tertiary/aromatic N) is 1. The number of pyridine rings is 1. The third kappa shape index (κ3) is 5.05. The van der Waals surface area contributed by atoms with Gasteiger partial charge >= 0.3 is 5.97 Å². The number of ether oxygens (including phenoxy) is 1. The zero-order valence-electron chi connectivity index (χ0n) is 15.2. The van der Waals surface area contributed by atoms with Crippen LogP contribution in [0.3, 0.4) is 0 Å². The predicted molar refractivity (Wildman–Crippen MR) is 99.5 cm³/mol. The van der Waals surface area contributed by atoms with Gasteiger partial charge in [0.05, 0.1) is 5.52 Å². The highest BCUT2D eigenvalue weighted by molar-refractivity contribution is 5.89. The maximum Gasteiger partial charge on any atom is 0.308 e. The van der Waals surface area contributed by atoms with Crippen molar-refractivity contribution in [3.8, 4) is 5.75 Å². The summed E-state index contributed by atoms with van der Waals surface area (Å²) in [5, 5.41) is 0.911. The molecule has 24 heavy (non-hydrogen) atoms. The van der Waals surface area contributed by atoms with Crippen molar-refractivity contribution in [1.82, 2.24) is 4.98 Å². The summed E-state index contributed by atoms with van der Waals surface area (Å²) in [6.07, 6.45) is 9.92. The van der Waals surface area contributed by atoms with Crippen LogP contribution in [-0.2, 0) is 11.2 Å². The molecule has 0 bridgehead atoms. The second-order valence-corrected chi connectivity index (χ2v) is 6.49. The molecule has 0 fully saturated rings. The van der Waals surface area contributed by atoms with Crippen LogP contribution in [0.5, 0.6) is 5.75 Å². The Morgan fingerprint density at radius 3 is 2.42 bits per heavy atom. The third-order valence-corrected chi connectivity index (χ3v) is 4.44. The summed E-state index contributed by atoms with van der Waals surface area (Å²) in [5.41, 5.74) is 2.95. The first-order chi connectivity index (χ1) is 11.6. The number of aromatic nitrogens is 1. The van der Waals surface area contributed by atoms with Crippen LogP contribution >= 0.6 is 0 Å². The Morgan fingerprint density at radius 2 is 1.71 bits per heavy atom. The number of carbonyl (C=O) groups excluding carboxylic acids is 1.